The quantitative estimate of drug-likeness (QED) is 0.631. The number of hydrogen-bond donors (Lipinski definition) is 2. The van der Waals surface area contributed by atoms with Gasteiger partial charge < -0.3 is 10.6 Å². The second kappa shape index (κ2) is 3.60. The zero-order valence-electron chi connectivity index (χ0n) is 7.18. The average molecular weight is 156 g/mol. The molecule has 0 bridgehead atoms. The Morgan fingerprint density at radius 2 is 2.27 bits per heavy atom. The molecule has 11 heavy (non-hydrogen) atoms. The lowest BCUT2D eigenvalue weighted by Gasteiger charge is -2.04. The zero-order chi connectivity index (χ0) is 8.27. The number of hydrogen-bond acceptors (Lipinski definition) is 1. The van der Waals surface area contributed by atoms with E-state index in [4.69, 9.17) is 0 Å². The maximum Gasteiger partial charge on any atom is 0.315 e. The standard InChI is InChI=1S/C8H16N2O/c1-3-4-9-8(11)10-7-5-6(7)2/h6-7H,3-5H2,1-2H3,(H2,9,10,11). The predicted molar refractivity (Wildman–Crippen MR) is 44.4 cm³/mol. The first-order chi connectivity index (χ1) is 5.24. The van der Waals surface area contributed by atoms with Gasteiger partial charge in [0, 0.05) is 12.6 Å². The lowest BCUT2D eigenvalue weighted by Crippen LogP contribution is -2.37. The average Bonchev–Trinajstić information content (AvgIpc) is 2.62. The van der Waals surface area contributed by atoms with Gasteiger partial charge >= 0.3 is 6.03 Å². The Morgan fingerprint density at radius 1 is 1.64 bits per heavy atom. The van der Waals surface area contributed by atoms with E-state index >= 15 is 0 Å². The summed E-state index contributed by atoms with van der Waals surface area (Å²) in [5.41, 5.74) is 0. The molecular weight excluding hydrogens is 140 g/mol. The van der Waals surface area contributed by atoms with Gasteiger partial charge in [0.1, 0.15) is 0 Å². The molecule has 1 aliphatic rings. The minimum Gasteiger partial charge on any atom is -0.338 e. The molecule has 1 saturated carbocycles. The zero-order valence-corrected chi connectivity index (χ0v) is 7.18. The predicted octanol–water partition coefficient (Wildman–Crippen LogP) is 1.10. The summed E-state index contributed by atoms with van der Waals surface area (Å²) in [4.78, 5) is 11.0. The molecule has 1 fully saturated rings. The van der Waals surface area contributed by atoms with Crippen molar-refractivity contribution in [2.45, 2.75) is 32.7 Å². The first-order valence-electron chi connectivity index (χ1n) is 4.28. The van der Waals surface area contributed by atoms with Crippen molar-refractivity contribution in [3.05, 3.63) is 0 Å². The van der Waals surface area contributed by atoms with Gasteiger partial charge in [-0.2, -0.15) is 0 Å². The lowest BCUT2D eigenvalue weighted by atomic mass is 10.5. The van der Waals surface area contributed by atoms with Crippen LogP contribution in [0.1, 0.15) is 26.7 Å². The van der Waals surface area contributed by atoms with E-state index in [1.807, 2.05) is 6.92 Å². The van der Waals surface area contributed by atoms with E-state index in [2.05, 4.69) is 17.6 Å². The van der Waals surface area contributed by atoms with Crippen molar-refractivity contribution in [2.75, 3.05) is 6.54 Å². The van der Waals surface area contributed by atoms with E-state index in [0.717, 1.165) is 19.4 Å². The highest BCUT2D eigenvalue weighted by atomic mass is 16.2. The van der Waals surface area contributed by atoms with Crippen molar-refractivity contribution in [1.29, 1.82) is 0 Å². The monoisotopic (exact) mass is 156 g/mol. The largest absolute Gasteiger partial charge is 0.338 e. The molecule has 0 aromatic heterocycles. The van der Waals surface area contributed by atoms with Crippen LogP contribution in [0.2, 0.25) is 0 Å². The SMILES string of the molecule is CCCNC(=O)NC1CC1C. The number of nitrogens with one attached hydrogen (secondary N) is 2. The molecule has 1 aliphatic carbocycles. The van der Waals surface area contributed by atoms with Crippen LogP contribution in [-0.2, 0) is 0 Å². The van der Waals surface area contributed by atoms with Gasteiger partial charge in [0.25, 0.3) is 0 Å². The molecule has 0 heterocycles. The van der Waals surface area contributed by atoms with E-state index in [1.54, 1.807) is 0 Å². The molecule has 0 aromatic rings. The Labute approximate surface area is 67.5 Å². The third-order valence-electron chi connectivity index (χ3n) is 1.96. The first kappa shape index (κ1) is 8.37. The van der Waals surface area contributed by atoms with Crippen molar-refractivity contribution in [3.63, 3.8) is 0 Å². The number of carbonyl (C=O) groups excluding carboxylic acids is 1. The summed E-state index contributed by atoms with van der Waals surface area (Å²) in [5.74, 6) is 0.683. The summed E-state index contributed by atoms with van der Waals surface area (Å²) in [6.45, 7) is 4.96. The third-order valence-corrected chi connectivity index (χ3v) is 1.96. The molecule has 3 nitrogen and oxygen atoms in total. The van der Waals surface area contributed by atoms with Crippen molar-refractivity contribution < 1.29 is 4.79 Å². The molecule has 0 spiro atoms. The van der Waals surface area contributed by atoms with E-state index < -0.39 is 0 Å². The molecule has 0 radical (unpaired) electrons. The summed E-state index contributed by atoms with van der Waals surface area (Å²) in [5, 5.41) is 5.66. The molecule has 64 valence electrons. The van der Waals surface area contributed by atoms with E-state index in [-0.39, 0.29) is 6.03 Å². The van der Waals surface area contributed by atoms with Crippen molar-refractivity contribution >= 4 is 6.03 Å². The highest BCUT2D eigenvalue weighted by Crippen LogP contribution is 2.28. The van der Waals surface area contributed by atoms with Gasteiger partial charge in [-0.3, -0.25) is 0 Å². The normalized spacial score (nSPS) is 27.8. The van der Waals surface area contributed by atoms with E-state index in [1.165, 1.54) is 0 Å². The van der Waals surface area contributed by atoms with Gasteiger partial charge in [-0.1, -0.05) is 13.8 Å². The van der Waals surface area contributed by atoms with Crippen LogP contribution in [0.3, 0.4) is 0 Å². The molecule has 2 N–H and O–H groups in total. The summed E-state index contributed by atoms with van der Waals surface area (Å²) in [7, 11) is 0. The Hall–Kier alpha value is -0.730. The number of carbonyl (C=O) groups is 1. The number of urea groups is 1. The molecule has 2 unspecified atom stereocenters. The maximum absolute atomic E-state index is 11.0. The van der Waals surface area contributed by atoms with Crippen molar-refractivity contribution in [3.8, 4) is 0 Å². The van der Waals surface area contributed by atoms with Gasteiger partial charge in [-0.05, 0) is 18.8 Å². The molecule has 3 heteroatoms. The van der Waals surface area contributed by atoms with Gasteiger partial charge in [0.15, 0.2) is 0 Å². The molecule has 2 amide bonds. The Bertz CT molecular complexity index is 147. The van der Waals surface area contributed by atoms with Crippen LogP contribution < -0.4 is 10.6 Å². The number of rotatable bonds is 3. The van der Waals surface area contributed by atoms with Crippen LogP contribution >= 0.6 is 0 Å². The molecule has 0 aromatic carbocycles. The Balaban J connectivity index is 2.02. The fourth-order valence-electron chi connectivity index (χ4n) is 0.981. The van der Waals surface area contributed by atoms with Crippen LogP contribution in [-0.4, -0.2) is 18.6 Å². The summed E-state index contributed by atoms with van der Waals surface area (Å²) in [6.07, 6.45) is 2.13. The Morgan fingerprint density at radius 3 is 2.73 bits per heavy atom. The highest BCUT2D eigenvalue weighted by Gasteiger charge is 2.33. The van der Waals surface area contributed by atoms with Crippen LogP contribution in [0, 0.1) is 5.92 Å². The maximum atomic E-state index is 11.0. The van der Waals surface area contributed by atoms with Gasteiger partial charge in [-0.25, -0.2) is 4.79 Å². The molecule has 2 atom stereocenters. The molecule has 1 rings (SSSR count). The van der Waals surface area contributed by atoms with Crippen LogP contribution in [0.5, 0.6) is 0 Å². The highest BCUT2D eigenvalue weighted by molar-refractivity contribution is 5.74. The summed E-state index contributed by atoms with van der Waals surface area (Å²) >= 11 is 0. The molecule has 0 saturated heterocycles. The second-order valence-electron chi connectivity index (χ2n) is 3.22. The fourth-order valence-corrected chi connectivity index (χ4v) is 0.981. The van der Waals surface area contributed by atoms with Gasteiger partial charge in [0.2, 0.25) is 0 Å². The molecular formula is C8H16N2O. The van der Waals surface area contributed by atoms with Crippen LogP contribution in [0.4, 0.5) is 4.79 Å². The Kier molecular flexibility index (Phi) is 2.74. The number of amides is 2. The second-order valence-corrected chi connectivity index (χ2v) is 3.22. The van der Waals surface area contributed by atoms with Crippen LogP contribution in [0.15, 0.2) is 0 Å². The third kappa shape index (κ3) is 2.78. The summed E-state index contributed by atoms with van der Waals surface area (Å²) < 4.78 is 0. The van der Waals surface area contributed by atoms with E-state index in [9.17, 15) is 4.79 Å². The minimum absolute atomic E-state index is 0.0128. The topological polar surface area (TPSA) is 41.1 Å². The van der Waals surface area contributed by atoms with Crippen molar-refractivity contribution in [2.24, 2.45) is 5.92 Å². The van der Waals surface area contributed by atoms with Gasteiger partial charge in [0.05, 0.1) is 0 Å². The van der Waals surface area contributed by atoms with Crippen LogP contribution in [0.25, 0.3) is 0 Å². The first-order valence-corrected chi connectivity index (χ1v) is 4.28. The van der Waals surface area contributed by atoms with Gasteiger partial charge in [-0.15, -0.1) is 0 Å². The smallest absolute Gasteiger partial charge is 0.315 e. The lowest BCUT2D eigenvalue weighted by molar-refractivity contribution is 0.240. The molecule has 0 aliphatic heterocycles. The van der Waals surface area contributed by atoms with Crippen molar-refractivity contribution in [1.82, 2.24) is 10.6 Å². The summed E-state index contributed by atoms with van der Waals surface area (Å²) in [6, 6.07) is 0.424. The van der Waals surface area contributed by atoms with E-state index in [0.29, 0.717) is 12.0 Å². The fraction of sp³-hybridized carbons (Fsp3) is 0.875. The minimum atomic E-state index is -0.0128.